The SMILES string of the molecule is COc1cc(N2CCOCC2)ccc1Nc1nc(N)c2c(n1)NC(c1ccc(F)c(F)c1)C2(C)C. The fourth-order valence-corrected chi connectivity index (χ4v) is 4.85. The second-order valence-electron chi connectivity index (χ2n) is 9.24. The van der Waals surface area contributed by atoms with E-state index in [4.69, 9.17) is 15.2 Å². The predicted molar refractivity (Wildman–Crippen MR) is 132 cm³/mol. The number of methoxy groups -OCH3 is 1. The molecule has 1 aromatic heterocycles. The third-order valence-corrected chi connectivity index (χ3v) is 6.67. The first-order valence-corrected chi connectivity index (χ1v) is 11.4. The minimum atomic E-state index is -0.898. The molecule has 0 aliphatic carbocycles. The van der Waals surface area contributed by atoms with Crippen molar-refractivity contribution >= 4 is 29.0 Å². The largest absolute Gasteiger partial charge is 0.494 e. The van der Waals surface area contributed by atoms with E-state index < -0.39 is 17.0 Å². The summed E-state index contributed by atoms with van der Waals surface area (Å²) >= 11 is 0. The summed E-state index contributed by atoms with van der Waals surface area (Å²) in [7, 11) is 1.61. The van der Waals surface area contributed by atoms with E-state index in [-0.39, 0.29) is 6.04 Å². The minimum Gasteiger partial charge on any atom is -0.494 e. The Bertz CT molecular complexity index is 1260. The molecule has 0 bridgehead atoms. The Morgan fingerprint density at radius 2 is 1.89 bits per heavy atom. The van der Waals surface area contributed by atoms with Crippen molar-refractivity contribution in [3.63, 3.8) is 0 Å². The lowest BCUT2D eigenvalue weighted by Gasteiger charge is -2.29. The second-order valence-corrected chi connectivity index (χ2v) is 9.24. The van der Waals surface area contributed by atoms with Crippen LogP contribution in [0.1, 0.15) is 31.0 Å². The molecular weight excluding hydrogens is 454 g/mol. The average molecular weight is 483 g/mol. The zero-order chi connectivity index (χ0) is 24.7. The van der Waals surface area contributed by atoms with E-state index in [1.54, 1.807) is 13.2 Å². The van der Waals surface area contributed by atoms with Gasteiger partial charge in [0, 0.05) is 35.8 Å². The topological polar surface area (TPSA) is 97.6 Å². The Kier molecular flexibility index (Phi) is 5.84. The smallest absolute Gasteiger partial charge is 0.231 e. The van der Waals surface area contributed by atoms with E-state index in [0.29, 0.717) is 47.8 Å². The standard InChI is InChI=1S/C25H28F2N6O2/c1-25(2)20-22(28)31-24(32-23(20)30-21(25)14-4-6-16(26)17(27)12-14)29-18-7-5-15(13-19(18)34-3)33-8-10-35-11-9-33/h4-7,12-13,21H,8-11H2,1-3H3,(H4,28,29,30,31,32). The zero-order valence-electron chi connectivity index (χ0n) is 19.9. The number of benzene rings is 2. The van der Waals surface area contributed by atoms with Crippen LogP contribution < -0.4 is 26.0 Å². The van der Waals surface area contributed by atoms with Crippen LogP contribution in [0.5, 0.6) is 5.75 Å². The van der Waals surface area contributed by atoms with Crippen molar-refractivity contribution in [3.05, 3.63) is 59.2 Å². The molecule has 35 heavy (non-hydrogen) atoms. The van der Waals surface area contributed by atoms with E-state index in [1.165, 1.54) is 6.07 Å². The summed E-state index contributed by atoms with van der Waals surface area (Å²) in [5.41, 5.74) is 8.88. The van der Waals surface area contributed by atoms with Gasteiger partial charge in [-0.1, -0.05) is 19.9 Å². The normalized spacial score (nSPS) is 18.7. The van der Waals surface area contributed by atoms with Crippen LogP contribution in [0, 0.1) is 11.6 Å². The Hall–Kier alpha value is -3.66. The molecule has 1 unspecified atom stereocenters. The quantitative estimate of drug-likeness (QED) is 0.493. The molecule has 0 amide bonds. The van der Waals surface area contributed by atoms with Gasteiger partial charge in [0.15, 0.2) is 11.6 Å². The van der Waals surface area contributed by atoms with Gasteiger partial charge in [-0.2, -0.15) is 9.97 Å². The van der Waals surface area contributed by atoms with Crippen LogP contribution in [0.3, 0.4) is 0 Å². The summed E-state index contributed by atoms with van der Waals surface area (Å²) in [5, 5.41) is 6.53. The molecule has 3 aromatic rings. The molecule has 5 rings (SSSR count). The van der Waals surface area contributed by atoms with Crippen LogP contribution in [-0.4, -0.2) is 43.4 Å². The molecule has 184 valence electrons. The summed E-state index contributed by atoms with van der Waals surface area (Å²) in [6.07, 6.45) is 0. The summed E-state index contributed by atoms with van der Waals surface area (Å²) in [6, 6.07) is 9.41. The van der Waals surface area contributed by atoms with Gasteiger partial charge in [0.2, 0.25) is 5.95 Å². The molecule has 2 aromatic carbocycles. The number of nitrogens with two attached hydrogens (primary N) is 1. The number of halogens is 2. The lowest BCUT2D eigenvalue weighted by molar-refractivity contribution is 0.122. The number of hydrogen-bond donors (Lipinski definition) is 3. The average Bonchev–Trinajstić information content (AvgIpc) is 3.12. The second kappa shape index (κ2) is 8.84. The number of aromatic nitrogens is 2. The van der Waals surface area contributed by atoms with Gasteiger partial charge < -0.3 is 30.7 Å². The monoisotopic (exact) mass is 482 g/mol. The van der Waals surface area contributed by atoms with E-state index in [0.717, 1.165) is 30.4 Å². The first kappa shape index (κ1) is 23.1. The molecule has 0 radical (unpaired) electrons. The molecule has 2 aliphatic rings. The maximum absolute atomic E-state index is 13.9. The van der Waals surface area contributed by atoms with Crippen molar-refractivity contribution in [2.75, 3.05) is 54.7 Å². The van der Waals surface area contributed by atoms with Gasteiger partial charge in [-0.05, 0) is 29.8 Å². The van der Waals surface area contributed by atoms with Crippen LogP contribution >= 0.6 is 0 Å². The highest BCUT2D eigenvalue weighted by Gasteiger charge is 2.44. The van der Waals surface area contributed by atoms with Crippen molar-refractivity contribution in [2.24, 2.45) is 0 Å². The summed E-state index contributed by atoms with van der Waals surface area (Å²) in [6.45, 7) is 6.97. The molecule has 1 fully saturated rings. The summed E-state index contributed by atoms with van der Waals surface area (Å²) < 4.78 is 38.5. The first-order chi connectivity index (χ1) is 16.8. The van der Waals surface area contributed by atoms with Gasteiger partial charge in [-0.3, -0.25) is 0 Å². The summed E-state index contributed by atoms with van der Waals surface area (Å²) in [5.74, 6) is 0.0108. The first-order valence-electron chi connectivity index (χ1n) is 11.4. The van der Waals surface area contributed by atoms with E-state index in [2.05, 4.69) is 25.5 Å². The Labute approximate surface area is 202 Å². The zero-order valence-corrected chi connectivity index (χ0v) is 19.9. The molecule has 10 heteroatoms. The van der Waals surface area contributed by atoms with E-state index >= 15 is 0 Å². The number of morpholine rings is 1. The molecule has 1 saturated heterocycles. The van der Waals surface area contributed by atoms with Gasteiger partial charge in [0.1, 0.15) is 17.4 Å². The molecular formula is C25H28F2N6O2. The van der Waals surface area contributed by atoms with Crippen molar-refractivity contribution in [1.29, 1.82) is 0 Å². The number of ether oxygens (including phenoxy) is 2. The highest BCUT2D eigenvalue weighted by molar-refractivity contribution is 5.72. The Balaban J connectivity index is 1.43. The van der Waals surface area contributed by atoms with Gasteiger partial charge in [-0.25, -0.2) is 8.78 Å². The van der Waals surface area contributed by atoms with Crippen LogP contribution in [-0.2, 0) is 10.2 Å². The lowest BCUT2D eigenvalue weighted by Crippen LogP contribution is -2.36. The third-order valence-electron chi connectivity index (χ3n) is 6.67. The summed E-state index contributed by atoms with van der Waals surface area (Å²) in [4.78, 5) is 11.4. The predicted octanol–water partition coefficient (Wildman–Crippen LogP) is 4.37. The third kappa shape index (κ3) is 4.18. The van der Waals surface area contributed by atoms with Crippen molar-refractivity contribution in [2.45, 2.75) is 25.3 Å². The van der Waals surface area contributed by atoms with Crippen LogP contribution in [0.4, 0.5) is 37.7 Å². The van der Waals surface area contributed by atoms with E-state index in [1.807, 2.05) is 32.0 Å². The van der Waals surface area contributed by atoms with Crippen LogP contribution in [0.2, 0.25) is 0 Å². The fourth-order valence-electron chi connectivity index (χ4n) is 4.85. The number of nitrogen functional groups attached to an aromatic ring is 1. The number of nitrogens with zero attached hydrogens (tertiary/aromatic N) is 3. The molecule has 2 aliphatic heterocycles. The van der Waals surface area contributed by atoms with E-state index in [9.17, 15) is 8.78 Å². The van der Waals surface area contributed by atoms with Crippen molar-refractivity contribution in [3.8, 4) is 5.75 Å². The number of anilines is 5. The highest BCUT2D eigenvalue weighted by atomic mass is 19.2. The fraction of sp³-hybridized carbons (Fsp3) is 0.360. The number of nitrogens with one attached hydrogen (secondary N) is 2. The van der Waals surface area contributed by atoms with Gasteiger partial charge in [0.25, 0.3) is 0 Å². The Morgan fingerprint density at radius 3 is 2.60 bits per heavy atom. The number of rotatable bonds is 5. The molecule has 8 nitrogen and oxygen atoms in total. The molecule has 1 atom stereocenters. The molecule has 0 saturated carbocycles. The van der Waals surface area contributed by atoms with Crippen molar-refractivity contribution in [1.82, 2.24) is 9.97 Å². The minimum absolute atomic E-state index is 0.299. The molecule has 4 N–H and O–H groups in total. The van der Waals surface area contributed by atoms with Gasteiger partial charge in [0.05, 0.1) is 32.1 Å². The van der Waals surface area contributed by atoms with Gasteiger partial charge in [-0.15, -0.1) is 0 Å². The number of hydrogen-bond acceptors (Lipinski definition) is 8. The maximum atomic E-state index is 13.9. The van der Waals surface area contributed by atoms with Crippen LogP contribution in [0.25, 0.3) is 0 Å². The maximum Gasteiger partial charge on any atom is 0.231 e. The molecule has 3 heterocycles. The highest BCUT2D eigenvalue weighted by Crippen LogP contribution is 2.50. The van der Waals surface area contributed by atoms with Crippen LogP contribution in [0.15, 0.2) is 36.4 Å². The number of fused-ring (bicyclic) bond motifs is 1. The van der Waals surface area contributed by atoms with Crippen molar-refractivity contribution < 1.29 is 18.3 Å². The molecule has 0 spiro atoms. The lowest BCUT2D eigenvalue weighted by atomic mass is 9.78. The Morgan fingerprint density at radius 1 is 1.11 bits per heavy atom. The van der Waals surface area contributed by atoms with Gasteiger partial charge >= 0.3 is 0 Å².